The smallest absolute Gasteiger partial charge is 0.534 e. The van der Waals surface area contributed by atoms with Crippen molar-refractivity contribution in [2.75, 3.05) is 26.2 Å². The predicted octanol–water partition coefficient (Wildman–Crippen LogP) is -0.721. The Morgan fingerprint density at radius 1 is 1.12 bits per heavy atom. The van der Waals surface area contributed by atoms with Gasteiger partial charge in [0.05, 0.1) is 11.5 Å². The van der Waals surface area contributed by atoms with Crippen LogP contribution in [0.25, 0.3) is 0 Å². The van der Waals surface area contributed by atoms with Gasteiger partial charge in [-0.3, -0.25) is 19.3 Å². The highest BCUT2D eigenvalue weighted by molar-refractivity contribution is 6.47. The summed E-state index contributed by atoms with van der Waals surface area (Å²) in [4.78, 5) is 64.8. The number of aromatic hydroxyl groups is 1. The zero-order valence-electron chi connectivity index (χ0n) is 21.9. The van der Waals surface area contributed by atoms with Crippen molar-refractivity contribution in [2.24, 2.45) is 5.73 Å². The number of nitrogens with zero attached hydrogens (tertiary/aromatic N) is 2. The quantitative estimate of drug-likeness (QED) is 0.168. The molecule has 0 spiro atoms. The van der Waals surface area contributed by atoms with Crippen LogP contribution in [0, 0.1) is 11.6 Å². The molecular formula is C25H26BF2N5O9. The summed E-state index contributed by atoms with van der Waals surface area (Å²) in [6.45, 7) is 0.156. The number of amides is 5. The lowest BCUT2D eigenvalue weighted by atomic mass is 9.72. The number of piperazine rings is 1. The van der Waals surface area contributed by atoms with Crippen LogP contribution in [0.15, 0.2) is 30.3 Å². The number of hydrogen-bond donors (Lipinski definition) is 6. The number of hydrogen-bond acceptors (Lipinski definition) is 9. The Labute approximate surface area is 237 Å². The molecule has 17 heteroatoms. The molecule has 0 aliphatic carbocycles. The van der Waals surface area contributed by atoms with E-state index in [1.165, 1.54) is 23.1 Å². The number of carbonyl (C=O) groups excluding carboxylic acids is 4. The molecule has 0 bridgehead atoms. The highest BCUT2D eigenvalue weighted by Gasteiger charge is 2.41. The van der Waals surface area contributed by atoms with Gasteiger partial charge >= 0.3 is 30.9 Å². The van der Waals surface area contributed by atoms with E-state index in [-0.39, 0.29) is 43.9 Å². The van der Waals surface area contributed by atoms with Crippen molar-refractivity contribution in [3.63, 3.8) is 0 Å². The Balaban J connectivity index is 1.58. The van der Waals surface area contributed by atoms with Gasteiger partial charge in [-0.25, -0.2) is 14.0 Å². The number of aromatic carboxylic acids is 1. The third kappa shape index (κ3) is 5.96. The standard InChI is InChI=1S/C25H26BF2N5O9/c27-17-13(5-6-15(34)18(17)28)19(31-25(40)33-10-9-32(8-2-7-29)22(36)23(33)37)21(35)30-16-11-12-3-1-4-14(24(38)39)20(12)42-26(16)41/h1,3-6,16,19,34,41H,2,7-11,29H2,(H,30,35)(H,31,40)(H,38,39)/t16-,19?/m0/s1. The largest absolute Gasteiger partial charge is 0.547 e. The van der Waals surface area contributed by atoms with Gasteiger partial charge in [0, 0.05) is 25.2 Å². The maximum Gasteiger partial charge on any atom is 0.547 e. The fourth-order valence-electron chi connectivity index (χ4n) is 4.61. The summed E-state index contributed by atoms with van der Waals surface area (Å²) in [6.07, 6.45) is 0.270. The number of nitrogens with two attached hydrogens (primary N) is 1. The molecule has 222 valence electrons. The first-order chi connectivity index (χ1) is 19.9. The van der Waals surface area contributed by atoms with Gasteiger partial charge < -0.3 is 41.2 Å². The number of nitrogens with one attached hydrogen (secondary N) is 2. The minimum Gasteiger partial charge on any atom is -0.534 e. The molecule has 2 aliphatic rings. The highest BCUT2D eigenvalue weighted by atomic mass is 19.2. The van der Waals surface area contributed by atoms with Gasteiger partial charge in [-0.15, -0.1) is 0 Å². The van der Waals surface area contributed by atoms with E-state index < -0.39 is 71.8 Å². The Hall–Kier alpha value is -4.77. The maximum atomic E-state index is 14.9. The van der Waals surface area contributed by atoms with E-state index in [0.717, 1.165) is 12.1 Å². The molecule has 5 amide bonds. The summed E-state index contributed by atoms with van der Waals surface area (Å²) >= 11 is 0. The third-order valence-corrected chi connectivity index (χ3v) is 6.80. The van der Waals surface area contributed by atoms with E-state index in [2.05, 4.69) is 10.6 Å². The number of imide groups is 1. The zero-order chi connectivity index (χ0) is 30.7. The van der Waals surface area contributed by atoms with Gasteiger partial charge in [0.15, 0.2) is 11.6 Å². The van der Waals surface area contributed by atoms with Crippen LogP contribution in [0.2, 0.25) is 0 Å². The Morgan fingerprint density at radius 2 is 1.86 bits per heavy atom. The number of carboxylic acids is 1. The Kier molecular flexibility index (Phi) is 8.92. The van der Waals surface area contributed by atoms with E-state index in [1.807, 2.05) is 0 Å². The summed E-state index contributed by atoms with van der Waals surface area (Å²) < 4.78 is 34.5. The van der Waals surface area contributed by atoms with E-state index >= 15 is 0 Å². The molecule has 1 fully saturated rings. The number of carboxylic acid groups (broad SMARTS) is 1. The second kappa shape index (κ2) is 12.4. The molecular weight excluding hydrogens is 563 g/mol. The van der Waals surface area contributed by atoms with Gasteiger partial charge in [-0.05, 0) is 43.1 Å². The number of phenolic OH excluding ortho intramolecular Hbond substituents is 1. The number of fused-ring (bicyclic) bond motifs is 1. The molecule has 0 saturated carbocycles. The monoisotopic (exact) mass is 589 g/mol. The van der Waals surface area contributed by atoms with Crippen molar-refractivity contribution in [2.45, 2.75) is 24.8 Å². The fraction of sp³-hybridized carbons (Fsp3) is 0.320. The SMILES string of the molecule is NCCCN1CCN(C(=O)NC(C(=O)N[C@H]2Cc3cccc(C(=O)O)c3OB2O)c2ccc(O)c(F)c2F)C(=O)C1=O. The topological polar surface area (TPSA) is 212 Å². The minimum absolute atomic E-state index is 0.0274. The molecule has 1 unspecified atom stereocenters. The molecule has 14 nitrogen and oxygen atoms in total. The number of para-hydroxylation sites is 1. The third-order valence-electron chi connectivity index (χ3n) is 6.80. The second-order valence-corrected chi connectivity index (χ2v) is 9.50. The van der Waals surface area contributed by atoms with Gasteiger partial charge in [0.1, 0.15) is 11.8 Å². The van der Waals surface area contributed by atoms with Gasteiger partial charge in [-0.1, -0.05) is 12.1 Å². The van der Waals surface area contributed by atoms with Crippen LogP contribution in [0.3, 0.4) is 0 Å². The summed E-state index contributed by atoms with van der Waals surface area (Å²) in [5.74, 6) is -10.5. The Bertz CT molecular complexity index is 1450. The lowest BCUT2D eigenvalue weighted by Gasteiger charge is -2.34. The normalized spacial score (nSPS) is 17.3. The zero-order valence-corrected chi connectivity index (χ0v) is 21.9. The first-order valence-electron chi connectivity index (χ1n) is 12.7. The van der Waals surface area contributed by atoms with Crippen molar-refractivity contribution in [3.8, 4) is 11.5 Å². The molecule has 0 aromatic heterocycles. The lowest BCUT2D eigenvalue weighted by Crippen LogP contribution is -2.60. The highest BCUT2D eigenvalue weighted by Crippen LogP contribution is 2.31. The summed E-state index contributed by atoms with van der Waals surface area (Å²) in [5, 5.41) is 33.9. The second-order valence-electron chi connectivity index (χ2n) is 9.50. The van der Waals surface area contributed by atoms with E-state index in [9.17, 15) is 48.0 Å². The summed E-state index contributed by atoms with van der Waals surface area (Å²) in [6, 6.07) is 2.46. The summed E-state index contributed by atoms with van der Waals surface area (Å²) in [5.41, 5.74) is 4.77. The number of urea groups is 1. The van der Waals surface area contributed by atoms with Gasteiger partial charge in [0.25, 0.3) is 0 Å². The number of carbonyl (C=O) groups is 5. The van der Waals surface area contributed by atoms with E-state index in [1.54, 1.807) is 0 Å². The van der Waals surface area contributed by atoms with E-state index in [4.69, 9.17) is 10.4 Å². The van der Waals surface area contributed by atoms with Gasteiger partial charge in [0.2, 0.25) is 11.7 Å². The molecule has 2 aliphatic heterocycles. The molecule has 2 aromatic carbocycles. The number of rotatable bonds is 8. The molecule has 0 radical (unpaired) electrons. The van der Waals surface area contributed by atoms with Crippen LogP contribution in [-0.4, -0.2) is 94.0 Å². The van der Waals surface area contributed by atoms with Crippen LogP contribution in [0.1, 0.15) is 33.9 Å². The first kappa shape index (κ1) is 30.2. The molecule has 2 heterocycles. The number of halogens is 2. The molecule has 7 N–H and O–H groups in total. The average molecular weight is 589 g/mol. The van der Waals surface area contributed by atoms with Crippen molar-refractivity contribution in [1.29, 1.82) is 0 Å². The molecule has 4 rings (SSSR count). The minimum atomic E-state index is -2.02. The summed E-state index contributed by atoms with van der Waals surface area (Å²) in [7, 11) is -1.78. The van der Waals surface area contributed by atoms with E-state index in [0.29, 0.717) is 16.9 Å². The van der Waals surface area contributed by atoms with Crippen LogP contribution < -0.4 is 21.0 Å². The predicted molar refractivity (Wildman–Crippen MR) is 139 cm³/mol. The van der Waals surface area contributed by atoms with Crippen LogP contribution >= 0.6 is 0 Å². The first-order valence-corrected chi connectivity index (χ1v) is 12.7. The molecule has 1 saturated heterocycles. The van der Waals surface area contributed by atoms with Gasteiger partial charge in [-0.2, -0.15) is 4.39 Å². The van der Waals surface area contributed by atoms with Crippen molar-refractivity contribution >= 4 is 36.8 Å². The van der Waals surface area contributed by atoms with Crippen molar-refractivity contribution < 1.29 is 52.6 Å². The molecule has 2 atom stereocenters. The van der Waals surface area contributed by atoms with Crippen LogP contribution in [0.5, 0.6) is 11.5 Å². The number of benzene rings is 2. The van der Waals surface area contributed by atoms with Crippen LogP contribution in [0.4, 0.5) is 13.6 Å². The van der Waals surface area contributed by atoms with Crippen LogP contribution in [-0.2, 0) is 20.8 Å². The molecule has 42 heavy (non-hydrogen) atoms. The number of phenols is 1. The fourth-order valence-corrected chi connectivity index (χ4v) is 4.61. The van der Waals surface area contributed by atoms with Crippen molar-refractivity contribution in [1.82, 2.24) is 20.4 Å². The molecule has 2 aromatic rings. The van der Waals surface area contributed by atoms with Crippen molar-refractivity contribution in [3.05, 3.63) is 58.7 Å². The lowest BCUT2D eigenvalue weighted by molar-refractivity contribution is -0.153. The maximum absolute atomic E-state index is 14.9. The Morgan fingerprint density at radius 3 is 2.55 bits per heavy atom. The average Bonchev–Trinajstić information content (AvgIpc) is 2.95.